The van der Waals surface area contributed by atoms with E-state index in [1.165, 1.54) is 26.4 Å². The van der Waals surface area contributed by atoms with E-state index in [2.05, 4.69) is 9.47 Å². The van der Waals surface area contributed by atoms with E-state index in [4.69, 9.17) is 30.4 Å². The second-order valence-corrected chi connectivity index (χ2v) is 15.2. The highest BCUT2D eigenvalue weighted by atomic mass is 16.6. The Labute approximate surface area is 379 Å². The van der Waals surface area contributed by atoms with Crippen LogP contribution < -0.4 is 11.5 Å². The lowest BCUT2D eigenvalue weighted by atomic mass is 9.76. The molecule has 14 heteroatoms. The first-order valence-electron chi connectivity index (χ1n) is 21.5. The predicted octanol–water partition coefficient (Wildman–Crippen LogP) is 7.92. The van der Waals surface area contributed by atoms with Crippen molar-refractivity contribution in [3.8, 4) is 0 Å². The number of anilines is 2. The van der Waals surface area contributed by atoms with Crippen molar-refractivity contribution in [3.63, 3.8) is 0 Å². The van der Waals surface area contributed by atoms with E-state index >= 15 is 0 Å². The van der Waals surface area contributed by atoms with Gasteiger partial charge in [0.05, 0.1) is 51.8 Å². The summed E-state index contributed by atoms with van der Waals surface area (Å²) in [5.41, 5.74) is 14.9. The molecule has 0 saturated carbocycles. The highest BCUT2D eigenvalue weighted by Crippen LogP contribution is 2.33. The number of rotatable bonds is 26. The summed E-state index contributed by atoms with van der Waals surface area (Å²) in [5.74, 6) is -3.28. The van der Waals surface area contributed by atoms with Crippen LogP contribution in [0.2, 0.25) is 0 Å². The van der Waals surface area contributed by atoms with E-state index < -0.39 is 41.2 Å². The third-order valence-electron chi connectivity index (χ3n) is 10.3. The average Bonchev–Trinajstić information content (AvgIpc) is 3.32. The molecule has 0 spiro atoms. The van der Waals surface area contributed by atoms with Crippen LogP contribution in [0, 0.1) is 5.41 Å². The number of benzene rings is 4. The maximum absolute atomic E-state index is 14.2. The van der Waals surface area contributed by atoms with E-state index in [0.29, 0.717) is 85.0 Å². The van der Waals surface area contributed by atoms with Gasteiger partial charge in [0.1, 0.15) is 0 Å². The van der Waals surface area contributed by atoms with Gasteiger partial charge in [0.15, 0.2) is 5.41 Å². The Balaban J connectivity index is 1.27. The summed E-state index contributed by atoms with van der Waals surface area (Å²) in [4.78, 5) is 76.1. The Morgan fingerprint density at radius 2 is 0.769 bits per heavy atom. The molecule has 4 rings (SSSR count). The maximum atomic E-state index is 14.2. The minimum atomic E-state index is -1.72. The SMILES string of the molecule is COC(=O)C=Cc1ccc(C(=O)OCCCCCCOC(=O)C(Cc2ccc(N)cc2)(Cc2ccc(N)cc2)C(=O)OCCCCCCOC(=O)c2ccc(C=CC(=O)OC)cc2)cc1. The summed E-state index contributed by atoms with van der Waals surface area (Å²) >= 11 is 0. The van der Waals surface area contributed by atoms with E-state index in [0.717, 1.165) is 11.1 Å². The summed E-state index contributed by atoms with van der Waals surface area (Å²) in [6, 6.07) is 27.2. The molecule has 0 saturated heterocycles. The molecule has 0 aliphatic carbocycles. The Bertz CT molecular complexity index is 2060. The minimum Gasteiger partial charge on any atom is -0.466 e. The number of unbranched alkanes of at least 4 members (excludes halogenated alkanes) is 6. The van der Waals surface area contributed by atoms with Crippen molar-refractivity contribution in [1.29, 1.82) is 0 Å². The van der Waals surface area contributed by atoms with Gasteiger partial charge in [-0.1, -0.05) is 48.5 Å². The zero-order valence-electron chi connectivity index (χ0n) is 37.0. The molecule has 4 aromatic rings. The molecule has 0 aromatic heterocycles. The summed E-state index contributed by atoms with van der Waals surface area (Å²) in [7, 11) is 2.59. The second kappa shape index (κ2) is 27.1. The molecule has 344 valence electrons. The van der Waals surface area contributed by atoms with Gasteiger partial charge in [-0.2, -0.15) is 0 Å². The molecule has 0 amide bonds. The first-order chi connectivity index (χ1) is 31.4. The van der Waals surface area contributed by atoms with Crippen molar-refractivity contribution in [3.05, 3.63) is 143 Å². The van der Waals surface area contributed by atoms with Crippen molar-refractivity contribution in [2.24, 2.45) is 5.41 Å². The summed E-state index contributed by atoms with van der Waals surface area (Å²) in [6.45, 7) is 0.560. The van der Waals surface area contributed by atoms with Gasteiger partial charge in [0, 0.05) is 23.5 Å². The average molecular weight is 891 g/mol. The van der Waals surface area contributed by atoms with Gasteiger partial charge in [0.2, 0.25) is 0 Å². The van der Waals surface area contributed by atoms with Crippen LogP contribution in [-0.4, -0.2) is 76.5 Å². The van der Waals surface area contributed by atoms with Gasteiger partial charge >= 0.3 is 35.8 Å². The fourth-order valence-corrected chi connectivity index (χ4v) is 6.55. The lowest BCUT2D eigenvalue weighted by Gasteiger charge is -2.30. The molecule has 4 aromatic carbocycles. The smallest absolute Gasteiger partial charge is 0.338 e. The normalized spacial score (nSPS) is 11.2. The van der Waals surface area contributed by atoms with Crippen LogP contribution in [-0.2, 0) is 60.4 Å². The van der Waals surface area contributed by atoms with Crippen molar-refractivity contribution in [2.45, 2.75) is 64.2 Å². The molecule has 0 fully saturated rings. The van der Waals surface area contributed by atoms with E-state index in [-0.39, 0.29) is 39.3 Å². The lowest BCUT2D eigenvalue weighted by molar-refractivity contribution is -0.173. The summed E-state index contributed by atoms with van der Waals surface area (Å²) in [5, 5.41) is 0. The minimum absolute atomic E-state index is 0.00585. The fraction of sp³-hybridized carbons (Fsp3) is 0.333. The van der Waals surface area contributed by atoms with Crippen LogP contribution in [0.3, 0.4) is 0 Å². The number of esters is 6. The first-order valence-corrected chi connectivity index (χ1v) is 21.5. The molecule has 0 radical (unpaired) electrons. The van der Waals surface area contributed by atoms with Gasteiger partial charge in [-0.15, -0.1) is 0 Å². The van der Waals surface area contributed by atoms with E-state index in [1.807, 2.05) is 0 Å². The van der Waals surface area contributed by atoms with Crippen molar-refractivity contribution < 1.29 is 57.2 Å². The topological polar surface area (TPSA) is 210 Å². The largest absolute Gasteiger partial charge is 0.466 e. The quantitative estimate of drug-likeness (QED) is 0.0153. The van der Waals surface area contributed by atoms with Crippen LogP contribution in [0.1, 0.15) is 94.3 Å². The predicted molar refractivity (Wildman–Crippen MR) is 246 cm³/mol. The Kier molecular flexibility index (Phi) is 21.0. The van der Waals surface area contributed by atoms with Crippen LogP contribution in [0.25, 0.3) is 12.2 Å². The molecule has 0 aliphatic rings. The molecule has 4 N–H and O–H groups in total. The molecular weight excluding hydrogens is 833 g/mol. The van der Waals surface area contributed by atoms with Crippen LogP contribution in [0.5, 0.6) is 0 Å². The van der Waals surface area contributed by atoms with Gasteiger partial charge in [-0.3, -0.25) is 9.59 Å². The highest BCUT2D eigenvalue weighted by molar-refractivity contribution is 6.01. The van der Waals surface area contributed by atoms with Gasteiger partial charge in [-0.25, -0.2) is 19.2 Å². The van der Waals surface area contributed by atoms with Crippen LogP contribution in [0.15, 0.2) is 109 Å². The third-order valence-corrected chi connectivity index (χ3v) is 10.3. The van der Waals surface area contributed by atoms with E-state index in [9.17, 15) is 28.8 Å². The zero-order chi connectivity index (χ0) is 46.9. The van der Waals surface area contributed by atoms with Gasteiger partial charge in [-0.05, 0) is 147 Å². The van der Waals surface area contributed by atoms with Crippen molar-refractivity contribution in [1.82, 2.24) is 0 Å². The number of hydrogen-bond donors (Lipinski definition) is 2. The van der Waals surface area contributed by atoms with Crippen molar-refractivity contribution in [2.75, 3.05) is 52.1 Å². The zero-order valence-corrected chi connectivity index (χ0v) is 37.0. The number of nitrogen functional groups attached to an aromatic ring is 2. The first kappa shape index (κ1) is 50.4. The molecule has 0 unspecified atom stereocenters. The number of ether oxygens (including phenoxy) is 6. The van der Waals surface area contributed by atoms with Crippen molar-refractivity contribution >= 4 is 59.3 Å². The molecule has 65 heavy (non-hydrogen) atoms. The fourth-order valence-electron chi connectivity index (χ4n) is 6.55. The number of hydrogen-bond acceptors (Lipinski definition) is 14. The molecule has 0 aliphatic heterocycles. The Morgan fingerprint density at radius 3 is 1.09 bits per heavy atom. The summed E-state index contributed by atoms with van der Waals surface area (Å²) < 4.78 is 31.7. The van der Waals surface area contributed by atoms with E-state index in [1.54, 1.807) is 109 Å². The Hall–Kier alpha value is -7.22. The second-order valence-electron chi connectivity index (χ2n) is 15.2. The number of methoxy groups -OCH3 is 2. The molecule has 14 nitrogen and oxygen atoms in total. The standard InChI is InChI=1S/C51H58N2O12/c1-60-45(54)29-19-37-11-21-41(22-12-37)47(56)62-31-7-3-5-9-33-64-49(58)51(35-39-15-25-43(52)26-16-39,36-40-17-27-44(53)28-18-40)50(59)65-34-10-6-4-8-32-63-48(57)42-23-13-38(14-24-42)20-30-46(55)61-2/h11-30H,3-10,31-36,52-53H2,1-2H3. The van der Waals surface area contributed by atoms with Gasteiger partial charge in [0.25, 0.3) is 0 Å². The number of carbonyl (C=O) groups is 6. The lowest BCUT2D eigenvalue weighted by Crippen LogP contribution is -2.46. The van der Waals surface area contributed by atoms with Crippen LogP contribution >= 0.6 is 0 Å². The molecule has 0 heterocycles. The maximum Gasteiger partial charge on any atom is 0.338 e. The number of nitrogens with two attached hydrogens (primary N) is 2. The highest BCUT2D eigenvalue weighted by Gasteiger charge is 2.49. The monoisotopic (exact) mass is 890 g/mol. The molecule has 0 atom stereocenters. The molecular formula is C51H58N2O12. The van der Waals surface area contributed by atoms with Gasteiger partial charge < -0.3 is 39.9 Å². The van der Waals surface area contributed by atoms with Crippen LogP contribution in [0.4, 0.5) is 11.4 Å². The third kappa shape index (κ3) is 17.5. The molecule has 0 bridgehead atoms. The number of carbonyl (C=O) groups excluding carboxylic acids is 6. The summed E-state index contributed by atoms with van der Waals surface area (Å²) in [6.07, 6.45) is 10.8. The Morgan fingerprint density at radius 1 is 0.446 bits per heavy atom.